The molecule has 2 atom stereocenters. The van der Waals surface area contributed by atoms with Gasteiger partial charge in [0.15, 0.2) is 9.84 Å². The Morgan fingerprint density at radius 2 is 2.00 bits per heavy atom. The van der Waals surface area contributed by atoms with E-state index in [4.69, 9.17) is 9.47 Å². The van der Waals surface area contributed by atoms with E-state index in [0.717, 1.165) is 6.42 Å². The number of hydrogen-bond acceptors (Lipinski definition) is 4. The van der Waals surface area contributed by atoms with Crippen LogP contribution in [0, 0.1) is 5.92 Å². The molecule has 0 aromatic heterocycles. The van der Waals surface area contributed by atoms with Crippen molar-refractivity contribution in [2.75, 3.05) is 19.5 Å². The Bertz CT molecular complexity index is 553. The summed E-state index contributed by atoms with van der Waals surface area (Å²) in [5, 5.41) is 0. The third-order valence-electron chi connectivity index (χ3n) is 4.12. The van der Waals surface area contributed by atoms with Crippen LogP contribution in [0.3, 0.4) is 0 Å². The summed E-state index contributed by atoms with van der Waals surface area (Å²) in [6, 6.07) is 6.58. The average Bonchev–Trinajstić information content (AvgIpc) is 2.49. The average molecular weight is 312 g/mol. The lowest BCUT2D eigenvalue weighted by atomic mass is 9.88. The second kappa shape index (κ2) is 7.27. The normalized spacial score (nSPS) is 23.0. The maximum Gasteiger partial charge on any atom is 0.180 e. The Morgan fingerprint density at radius 1 is 1.24 bits per heavy atom. The highest BCUT2D eigenvalue weighted by Gasteiger charge is 2.23. The minimum Gasteiger partial charge on any atom is -0.497 e. The smallest absolute Gasteiger partial charge is 0.180 e. The van der Waals surface area contributed by atoms with Crippen LogP contribution in [0.25, 0.3) is 0 Å². The number of sulfone groups is 1. The van der Waals surface area contributed by atoms with Crippen molar-refractivity contribution in [3.05, 3.63) is 24.3 Å². The SMILES string of the molecule is COc1cccc(S(=O)(=O)CCO[C@H]2CCCC[C@H]2C)c1. The Balaban J connectivity index is 1.91. The summed E-state index contributed by atoms with van der Waals surface area (Å²) in [5.74, 6) is 1.10. The Labute approximate surface area is 127 Å². The lowest BCUT2D eigenvalue weighted by Gasteiger charge is -2.28. The van der Waals surface area contributed by atoms with Gasteiger partial charge in [-0.3, -0.25) is 0 Å². The predicted molar refractivity (Wildman–Crippen MR) is 82.4 cm³/mol. The quantitative estimate of drug-likeness (QED) is 0.810. The van der Waals surface area contributed by atoms with Crippen LogP contribution in [0.15, 0.2) is 29.2 Å². The molecule has 2 rings (SSSR count). The zero-order valence-electron chi connectivity index (χ0n) is 12.7. The summed E-state index contributed by atoms with van der Waals surface area (Å²) in [4.78, 5) is 0.294. The van der Waals surface area contributed by atoms with E-state index in [9.17, 15) is 8.42 Å². The van der Waals surface area contributed by atoms with E-state index in [1.54, 1.807) is 24.3 Å². The fourth-order valence-corrected chi connectivity index (χ4v) is 3.88. The minimum atomic E-state index is -3.32. The summed E-state index contributed by atoms with van der Waals surface area (Å²) >= 11 is 0. The first-order valence-corrected chi connectivity index (χ1v) is 9.16. The molecular formula is C16H24O4S. The van der Waals surface area contributed by atoms with Crippen molar-refractivity contribution in [1.82, 2.24) is 0 Å². The van der Waals surface area contributed by atoms with Crippen LogP contribution in [-0.4, -0.2) is 34.0 Å². The highest BCUT2D eigenvalue weighted by atomic mass is 32.2. The van der Waals surface area contributed by atoms with Gasteiger partial charge in [0.2, 0.25) is 0 Å². The molecule has 5 heteroatoms. The molecule has 118 valence electrons. The third kappa shape index (κ3) is 4.45. The van der Waals surface area contributed by atoms with Crippen LogP contribution in [0.4, 0.5) is 0 Å². The molecule has 0 radical (unpaired) electrons. The number of benzene rings is 1. The van der Waals surface area contributed by atoms with Gasteiger partial charge in [-0.15, -0.1) is 0 Å². The summed E-state index contributed by atoms with van der Waals surface area (Å²) < 4.78 is 35.4. The van der Waals surface area contributed by atoms with Crippen molar-refractivity contribution < 1.29 is 17.9 Å². The van der Waals surface area contributed by atoms with Crippen molar-refractivity contribution >= 4 is 9.84 Å². The molecule has 0 heterocycles. The van der Waals surface area contributed by atoms with Gasteiger partial charge >= 0.3 is 0 Å². The first-order chi connectivity index (χ1) is 10.0. The first-order valence-electron chi connectivity index (χ1n) is 7.51. The fraction of sp³-hybridized carbons (Fsp3) is 0.625. The van der Waals surface area contributed by atoms with Crippen LogP contribution in [0.5, 0.6) is 5.75 Å². The molecule has 0 aliphatic heterocycles. The van der Waals surface area contributed by atoms with Crippen LogP contribution in [-0.2, 0) is 14.6 Å². The highest BCUT2D eigenvalue weighted by molar-refractivity contribution is 7.91. The van der Waals surface area contributed by atoms with Gasteiger partial charge in [-0.25, -0.2) is 8.42 Å². The summed E-state index contributed by atoms with van der Waals surface area (Å²) in [7, 11) is -1.79. The number of ether oxygens (including phenoxy) is 2. The molecule has 0 spiro atoms. The van der Waals surface area contributed by atoms with Gasteiger partial charge in [-0.1, -0.05) is 25.8 Å². The molecule has 0 N–H and O–H groups in total. The molecule has 1 aromatic rings. The summed E-state index contributed by atoms with van der Waals surface area (Å²) in [6.45, 7) is 2.44. The zero-order chi connectivity index (χ0) is 15.3. The van der Waals surface area contributed by atoms with E-state index < -0.39 is 9.84 Å². The maximum absolute atomic E-state index is 12.3. The molecule has 1 aromatic carbocycles. The van der Waals surface area contributed by atoms with Crippen molar-refractivity contribution in [1.29, 1.82) is 0 Å². The van der Waals surface area contributed by atoms with Gasteiger partial charge in [0, 0.05) is 0 Å². The monoisotopic (exact) mass is 312 g/mol. The second-order valence-electron chi connectivity index (χ2n) is 5.67. The first kappa shape index (κ1) is 16.3. The highest BCUT2D eigenvalue weighted by Crippen LogP contribution is 2.26. The Hall–Kier alpha value is -1.07. The van der Waals surface area contributed by atoms with Gasteiger partial charge in [0.05, 0.1) is 30.5 Å². The van der Waals surface area contributed by atoms with Crippen LogP contribution < -0.4 is 4.74 Å². The van der Waals surface area contributed by atoms with Crippen molar-refractivity contribution in [3.63, 3.8) is 0 Å². The molecule has 1 saturated carbocycles. The zero-order valence-corrected chi connectivity index (χ0v) is 13.6. The van der Waals surface area contributed by atoms with Gasteiger partial charge in [-0.05, 0) is 37.0 Å². The molecule has 0 bridgehead atoms. The number of hydrogen-bond donors (Lipinski definition) is 0. The Morgan fingerprint density at radius 3 is 2.71 bits per heavy atom. The largest absolute Gasteiger partial charge is 0.497 e. The van der Waals surface area contributed by atoms with E-state index in [1.807, 2.05) is 0 Å². The van der Waals surface area contributed by atoms with Gasteiger partial charge in [0.25, 0.3) is 0 Å². The predicted octanol–water partition coefficient (Wildman–Crippen LogP) is 3.06. The van der Waals surface area contributed by atoms with Crippen LogP contribution in [0.1, 0.15) is 32.6 Å². The van der Waals surface area contributed by atoms with E-state index in [2.05, 4.69) is 6.92 Å². The van der Waals surface area contributed by atoms with Gasteiger partial charge in [-0.2, -0.15) is 0 Å². The van der Waals surface area contributed by atoms with Crippen LogP contribution >= 0.6 is 0 Å². The van der Waals surface area contributed by atoms with Crippen molar-refractivity contribution in [3.8, 4) is 5.75 Å². The minimum absolute atomic E-state index is 0.0172. The Kier molecular flexibility index (Phi) is 5.65. The van der Waals surface area contributed by atoms with Gasteiger partial charge in [0.1, 0.15) is 5.75 Å². The van der Waals surface area contributed by atoms with E-state index in [0.29, 0.717) is 16.6 Å². The lowest BCUT2D eigenvalue weighted by molar-refractivity contribution is 0.00302. The second-order valence-corrected chi connectivity index (χ2v) is 7.78. The maximum atomic E-state index is 12.3. The van der Waals surface area contributed by atoms with E-state index >= 15 is 0 Å². The van der Waals surface area contributed by atoms with Crippen LogP contribution in [0.2, 0.25) is 0 Å². The molecule has 0 saturated heterocycles. The number of methoxy groups -OCH3 is 1. The molecular weight excluding hydrogens is 288 g/mol. The molecule has 1 fully saturated rings. The molecule has 21 heavy (non-hydrogen) atoms. The molecule has 0 unspecified atom stereocenters. The molecule has 4 nitrogen and oxygen atoms in total. The number of rotatable bonds is 6. The topological polar surface area (TPSA) is 52.6 Å². The van der Waals surface area contributed by atoms with Crippen molar-refractivity contribution in [2.45, 2.75) is 43.6 Å². The standard InChI is InChI=1S/C16H24O4S/c1-13-6-3-4-9-16(13)20-10-11-21(17,18)15-8-5-7-14(12-15)19-2/h5,7-8,12-13,16H,3-4,6,9-11H2,1-2H3/t13-,16+/m1/s1. The summed E-state index contributed by atoms with van der Waals surface area (Å²) in [6.07, 6.45) is 4.85. The van der Waals surface area contributed by atoms with Crippen molar-refractivity contribution in [2.24, 2.45) is 5.92 Å². The third-order valence-corrected chi connectivity index (χ3v) is 5.79. The van der Waals surface area contributed by atoms with E-state index in [-0.39, 0.29) is 18.5 Å². The van der Waals surface area contributed by atoms with E-state index in [1.165, 1.54) is 26.4 Å². The fourth-order valence-electron chi connectivity index (χ4n) is 2.75. The molecule has 1 aliphatic rings. The molecule has 0 amide bonds. The van der Waals surface area contributed by atoms with Gasteiger partial charge < -0.3 is 9.47 Å². The lowest BCUT2D eigenvalue weighted by Crippen LogP contribution is -2.27. The molecule has 1 aliphatic carbocycles. The summed E-state index contributed by atoms with van der Waals surface area (Å²) in [5.41, 5.74) is 0.